The van der Waals surface area contributed by atoms with Crippen molar-refractivity contribution in [3.63, 3.8) is 0 Å². The van der Waals surface area contributed by atoms with Gasteiger partial charge in [-0.1, -0.05) is 25.4 Å². The largest absolute Gasteiger partial charge is 0.473 e. The highest BCUT2D eigenvalue weighted by atomic mass is 35.5. The van der Waals surface area contributed by atoms with Gasteiger partial charge in [-0.05, 0) is 19.8 Å². The summed E-state index contributed by atoms with van der Waals surface area (Å²) in [6.45, 7) is 6.96. The Labute approximate surface area is 101 Å². The minimum absolute atomic E-state index is 0.103. The molecule has 4 nitrogen and oxygen atoms in total. The first-order chi connectivity index (χ1) is 7.67. The van der Waals surface area contributed by atoms with Crippen molar-refractivity contribution in [3.05, 3.63) is 11.2 Å². The maximum Gasteiger partial charge on any atom is 0.237 e. The van der Waals surface area contributed by atoms with Gasteiger partial charge in [0.1, 0.15) is 5.02 Å². The average Bonchev–Trinajstić information content (AvgIpc) is 2.30. The smallest absolute Gasteiger partial charge is 0.237 e. The summed E-state index contributed by atoms with van der Waals surface area (Å²) in [6.07, 6.45) is 3.60. The number of aromatic nitrogens is 2. The van der Waals surface area contributed by atoms with E-state index in [2.05, 4.69) is 29.1 Å². The molecule has 1 atom stereocenters. The molecule has 0 amide bonds. The van der Waals surface area contributed by atoms with E-state index < -0.39 is 0 Å². The number of hydrogen-bond donors (Lipinski definition) is 1. The zero-order valence-electron chi connectivity index (χ0n) is 9.96. The van der Waals surface area contributed by atoms with E-state index in [1.807, 2.05) is 6.92 Å². The normalized spacial score (nSPS) is 12.2. The van der Waals surface area contributed by atoms with E-state index in [1.54, 1.807) is 6.20 Å². The Hall–Kier alpha value is -1.03. The first-order valence-electron chi connectivity index (χ1n) is 5.60. The van der Waals surface area contributed by atoms with Crippen molar-refractivity contribution in [2.24, 2.45) is 0 Å². The second kappa shape index (κ2) is 6.53. The molecule has 1 rings (SSSR count). The van der Waals surface area contributed by atoms with Gasteiger partial charge >= 0.3 is 0 Å². The standard InChI is InChI=1S/C11H18ClN3O/c1-4-6-13-11-14-7-9(12)10(15-11)16-8(3)5-2/h7-8H,4-6H2,1-3H3,(H,13,14,15). The van der Waals surface area contributed by atoms with Crippen LogP contribution in [0, 0.1) is 0 Å². The summed E-state index contributed by atoms with van der Waals surface area (Å²) in [5, 5.41) is 3.54. The number of rotatable bonds is 6. The lowest BCUT2D eigenvalue weighted by molar-refractivity contribution is 0.209. The van der Waals surface area contributed by atoms with Gasteiger partial charge in [0.25, 0.3) is 0 Å². The molecule has 0 aliphatic heterocycles. The Morgan fingerprint density at radius 2 is 2.25 bits per heavy atom. The number of halogens is 1. The molecule has 5 heteroatoms. The minimum Gasteiger partial charge on any atom is -0.473 e. The highest BCUT2D eigenvalue weighted by Crippen LogP contribution is 2.23. The van der Waals surface area contributed by atoms with Crippen molar-refractivity contribution in [2.45, 2.75) is 39.7 Å². The van der Waals surface area contributed by atoms with Crippen LogP contribution < -0.4 is 10.1 Å². The van der Waals surface area contributed by atoms with Gasteiger partial charge < -0.3 is 10.1 Å². The van der Waals surface area contributed by atoms with Crippen LogP contribution >= 0.6 is 11.6 Å². The van der Waals surface area contributed by atoms with Gasteiger partial charge in [0, 0.05) is 6.54 Å². The van der Waals surface area contributed by atoms with Crippen molar-refractivity contribution in [3.8, 4) is 5.88 Å². The zero-order chi connectivity index (χ0) is 12.0. The molecular weight excluding hydrogens is 226 g/mol. The summed E-state index contributed by atoms with van der Waals surface area (Å²) in [6, 6.07) is 0. The molecule has 0 saturated carbocycles. The number of anilines is 1. The van der Waals surface area contributed by atoms with Crippen molar-refractivity contribution >= 4 is 17.5 Å². The van der Waals surface area contributed by atoms with Gasteiger partial charge in [-0.3, -0.25) is 0 Å². The van der Waals surface area contributed by atoms with Crippen molar-refractivity contribution in [2.75, 3.05) is 11.9 Å². The monoisotopic (exact) mass is 243 g/mol. The molecule has 1 aromatic heterocycles. The highest BCUT2D eigenvalue weighted by molar-refractivity contribution is 6.31. The number of ether oxygens (including phenoxy) is 1. The lowest BCUT2D eigenvalue weighted by atomic mass is 10.3. The van der Waals surface area contributed by atoms with Crippen LogP contribution in [0.3, 0.4) is 0 Å². The molecule has 0 aliphatic rings. The predicted octanol–water partition coefficient (Wildman–Crippen LogP) is 3.13. The highest BCUT2D eigenvalue weighted by Gasteiger charge is 2.09. The van der Waals surface area contributed by atoms with E-state index in [-0.39, 0.29) is 6.10 Å². The molecule has 0 saturated heterocycles. The summed E-state index contributed by atoms with van der Waals surface area (Å²) in [5.74, 6) is 1.01. The maximum absolute atomic E-state index is 5.95. The van der Waals surface area contributed by atoms with Crippen LogP contribution in [0.4, 0.5) is 5.95 Å². The predicted molar refractivity (Wildman–Crippen MR) is 66.2 cm³/mol. The molecule has 0 bridgehead atoms. The van der Waals surface area contributed by atoms with E-state index in [9.17, 15) is 0 Å². The molecule has 0 aromatic carbocycles. The summed E-state index contributed by atoms with van der Waals surface area (Å²) in [7, 11) is 0. The third-order valence-corrected chi connectivity index (χ3v) is 2.39. The van der Waals surface area contributed by atoms with E-state index in [0.29, 0.717) is 16.9 Å². The fourth-order valence-electron chi connectivity index (χ4n) is 1.03. The minimum atomic E-state index is 0.103. The average molecular weight is 244 g/mol. The molecule has 1 unspecified atom stereocenters. The molecule has 1 heterocycles. The van der Waals surface area contributed by atoms with E-state index in [4.69, 9.17) is 16.3 Å². The van der Waals surface area contributed by atoms with Crippen LogP contribution in [0.1, 0.15) is 33.6 Å². The third kappa shape index (κ3) is 3.85. The number of nitrogens with one attached hydrogen (secondary N) is 1. The molecule has 1 aromatic rings. The maximum atomic E-state index is 5.95. The van der Waals surface area contributed by atoms with Gasteiger partial charge in [0.15, 0.2) is 0 Å². The SMILES string of the molecule is CCCNc1ncc(Cl)c(OC(C)CC)n1. The van der Waals surface area contributed by atoms with Crippen LogP contribution in [0.2, 0.25) is 5.02 Å². The Morgan fingerprint density at radius 3 is 2.88 bits per heavy atom. The number of nitrogens with zero attached hydrogens (tertiary/aromatic N) is 2. The summed E-state index contributed by atoms with van der Waals surface area (Å²) in [4.78, 5) is 8.30. The topological polar surface area (TPSA) is 47.0 Å². The molecule has 90 valence electrons. The van der Waals surface area contributed by atoms with E-state index in [0.717, 1.165) is 19.4 Å². The van der Waals surface area contributed by atoms with Crippen LogP contribution in [0.25, 0.3) is 0 Å². The number of hydrogen-bond acceptors (Lipinski definition) is 4. The molecular formula is C11H18ClN3O. The molecule has 0 aliphatic carbocycles. The summed E-state index contributed by atoms with van der Waals surface area (Å²) >= 11 is 5.95. The lowest BCUT2D eigenvalue weighted by Gasteiger charge is -2.13. The third-order valence-electron chi connectivity index (χ3n) is 2.13. The van der Waals surface area contributed by atoms with Gasteiger partial charge in [0.05, 0.1) is 12.3 Å². The quantitative estimate of drug-likeness (QED) is 0.834. The Kier molecular flexibility index (Phi) is 5.32. The first kappa shape index (κ1) is 13.0. The van der Waals surface area contributed by atoms with Crippen LogP contribution in [-0.4, -0.2) is 22.6 Å². The Balaban J connectivity index is 2.73. The second-order valence-electron chi connectivity index (χ2n) is 3.61. The van der Waals surface area contributed by atoms with Gasteiger partial charge in [-0.2, -0.15) is 4.98 Å². The first-order valence-corrected chi connectivity index (χ1v) is 5.98. The van der Waals surface area contributed by atoms with Gasteiger partial charge in [-0.25, -0.2) is 4.98 Å². The van der Waals surface area contributed by atoms with Crippen LogP contribution in [0.15, 0.2) is 6.20 Å². The van der Waals surface area contributed by atoms with E-state index >= 15 is 0 Å². The van der Waals surface area contributed by atoms with Crippen molar-refractivity contribution < 1.29 is 4.74 Å². The van der Waals surface area contributed by atoms with Crippen molar-refractivity contribution in [1.29, 1.82) is 0 Å². The molecule has 16 heavy (non-hydrogen) atoms. The van der Waals surface area contributed by atoms with Crippen LogP contribution in [0.5, 0.6) is 5.88 Å². The Bertz CT molecular complexity index is 333. The Morgan fingerprint density at radius 1 is 1.50 bits per heavy atom. The molecule has 0 fully saturated rings. The van der Waals surface area contributed by atoms with Crippen molar-refractivity contribution in [1.82, 2.24) is 9.97 Å². The molecule has 0 spiro atoms. The summed E-state index contributed by atoms with van der Waals surface area (Å²) < 4.78 is 5.59. The molecule has 0 radical (unpaired) electrons. The fourth-order valence-corrected chi connectivity index (χ4v) is 1.17. The zero-order valence-corrected chi connectivity index (χ0v) is 10.7. The lowest BCUT2D eigenvalue weighted by Crippen LogP contribution is -2.12. The fraction of sp³-hybridized carbons (Fsp3) is 0.636. The van der Waals surface area contributed by atoms with Gasteiger partial charge in [-0.15, -0.1) is 0 Å². The summed E-state index contributed by atoms with van der Waals surface area (Å²) in [5.41, 5.74) is 0. The second-order valence-corrected chi connectivity index (χ2v) is 4.02. The van der Waals surface area contributed by atoms with E-state index in [1.165, 1.54) is 0 Å². The van der Waals surface area contributed by atoms with Crippen LogP contribution in [-0.2, 0) is 0 Å². The van der Waals surface area contributed by atoms with Gasteiger partial charge in [0.2, 0.25) is 11.8 Å². The molecule has 1 N–H and O–H groups in total.